The summed E-state index contributed by atoms with van der Waals surface area (Å²) in [4.78, 5) is 12.1. The highest BCUT2D eigenvalue weighted by molar-refractivity contribution is 7.92. The Morgan fingerprint density at radius 3 is 2.37 bits per heavy atom. The van der Waals surface area contributed by atoms with Gasteiger partial charge in [0.25, 0.3) is 0 Å². The quantitative estimate of drug-likeness (QED) is 0.726. The van der Waals surface area contributed by atoms with Gasteiger partial charge in [-0.15, -0.1) is 0 Å². The SMILES string of the molecule is N#CCCCCC(=O)C1CC2CCCC(C1)S2(=O)=O. The van der Waals surface area contributed by atoms with Gasteiger partial charge in [0, 0.05) is 18.8 Å². The minimum atomic E-state index is -2.96. The third kappa shape index (κ3) is 3.17. The van der Waals surface area contributed by atoms with Crippen LogP contribution in [0.4, 0.5) is 0 Å². The fourth-order valence-electron chi connectivity index (χ4n) is 3.38. The van der Waals surface area contributed by atoms with Crippen LogP contribution in [0.25, 0.3) is 0 Å². The molecule has 0 N–H and O–H groups in total. The zero-order valence-electron chi connectivity index (χ0n) is 11.2. The standard InChI is InChI=1S/C14H21NO3S/c15-8-3-1-2-7-14(16)11-9-12-5-4-6-13(10-11)19(12,17)18/h11-13H,1-7,9-10H2. The van der Waals surface area contributed by atoms with Crippen molar-refractivity contribution in [2.24, 2.45) is 5.92 Å². The maximum atomic E-state index is 12.1. The first-order chi connectivity index (χ1) is 9.05. The summed E-state index contributed by atoms with van der Waals surface area (Å²) in [5.41, 5.74) is 0. The minimum Gasteiger partial charge on any atom is -0.299 e. The fourth-order valence-corrected chi connectivity index (χ4v) is 5.91. The molecule has 0 spiro atoms. The number of sulfone groups is 1. The molecule has 0 radical (unpaired) electrons. The van der Waals surface area contributed by atoms with Crippen molar-refractivity contribution in [3.05, 3.63) is 0 Å². The fraction of sp³-hybridized carbons (Fsp3) is 0.857. The molecule has 0 aliphatic carbocycles. The molecule has 0 amide bonds. The van der Waals surface area contributed by atoms with Crippen LogP contribution in [0.2, 0.25) is 0 Å². The molecule has 0 aromatic heterocycles. The van der Waals surface area contributed by atoms with Crippen molar-refractivity contribution in [3.8, 4) is 6.07 Å². The molecule has 19 heavy (non-hydrogen) atoms. The Hall–Kier alpha value is -0.890. The third-order valence-corrected chi connectivity index (χ3v) is 7.21. The van der Waals surface area contributed by atoms with Crippen molar-refractivity contribution in [2.45, 2.75) is 68.3 Å². The molecule has 2 bridgehead atoms. The summed E-state index contributed by atoms with van der Waals surface area (Å²) in [6.45, 7) is 0. The number of nitrogens with zero attached hydrogens (tertiary/aromatic N) is 1. The molecule has 2 fully saturated rings. The van der Waals surface area contributed by atoms with Gasteiger partial charge in [-0.25, -0.2) is 8.42 Å². The van der Waals surface area contributed by atoms with Crippen molar-refractivity contribution in [1.29, 1.82) is 5.26 Å². The van der Waals surface area contributed by atoms with E-state index in [1.807, 2.05) is 0 Å². The number of ketones is 1. The molecule has 0 saturated carbocycles. The molecule has 2 heterocycles. The summed E-state index contributed by atoms with van der Waals surface area (Å²) in [7, 11) is -2.96. The summed E-state index contributed by atoms with van der Waals surface area (Å²) < 4.78 is 24.2. The van der Waals surface area contributed by atoms with Gasteiger partial charge >= 0.3 is 0 Å². The van der Waals surface area contributed by atoms with E-state index < -0.39 is 9.84 Å². The molecule has 4 nitrogen and oxygen atoms in total. The van der Waals surface area contributed by atoms with Crippen molar-refractivity contribution in [3.63, 3.8) is 0 Å². The maximum Gasteiger partial charge on any atom is 0.156 e. The van der Waals surface area contributed by atoms with Crippen molar-refractivity contribution in [2.75, 3.05) is 0 Å². The highest BCUT2D eigenvalue weighted by Crippen LogP contribution is 2.40. The maximum absolute atomic E-state index is 12.1. The minimum absolute atomic E-state index is 0.0547. The van der Waals surface area contributed by atoms with Crippen LogP contribution in [0.5, 0.6) is 0 Å². The Labute approximate surface area is 115 Å². The number of carbonyl (C=O) groups is 1. The molecule has 106 valence electrons. The molecule has 2 atom stereocenters. The number of unbranched alkanes of at least 4 members (excludes halogenated alkanes) is 2. The van der Waals surface area contributed by atoms with Crippen LogP contribution in [0.15, 0.2) is 0 Å². The average molecular weight is 283 g/mol. The zero-order valence-corrected chi connectivity index (χ0v) is 12.0. The summed E-state index contributed by atoms with van der Waals surface area (Å²) >= 11 is 0. The number of carbonyl (C=O) groups excluding carboxylic acids is 1. The van der Waals surface area contributed by atoms with E-state index in [-0.39, 0.29) is 22.2 Å². The Bertz CT molecular complexity index is 457. The molecule has 0 aromatic rings. The van der Waals surface area contributed by atoms with Crippen LogP contribution in [-0.2, 0) is 14.6 Å². The molecule has 2 rings (SSSR count). The number of nitriles is 1. The Morgan fingerprint density at radius 2 is 1.79 bits per heavy atom. The highest BCUT2D eigenvalue weighted by Gasteiger charge is 2.45. The van der Waals surface area contributed by atoms with Crippen LogP contribution in [0, 0.1) is 17.2 Å². The summed E-state index contributed by atoms with van der Waals surface area (Å²) in [5, 5.41) is 7.90. The lowest BCUT2D eigenvalue weighted by atomic mass is 9.85. The molecule has 2 saturated heterocycles. The topological polar surface area (TPSA) is 75.0 Å². The molecular formula is C14H21NO3S. The smallest absolute Gasteiger partial charge is 0.156 e. The molecule has 2 unspecified atom stereocenters. The Kier molecular flexibility index (Phi) is 4.62. The predicted molar refractivity (Wildman–Crippen MR) is 72.2 cm³/mol. The van der Waals surface area contributed by atoms with E-state index in [4.69, 9.17) is 5.26 Å². The molecule has 5 heteroatoms. The lowest BCUT2D eigenvalue weighted by Gasteiger charge is -2.38. The van der Waals surface area contributed by atoms with Crippen LogP contribution < -0.4 is 0 Å². The highest BCUT2D eigenvalue weighted by atomic mass is 32.2. The second kappa shape index (κ2) is 6.04. The largest absolute Gasteiger partial charge is 0.299 e. The van der Waals surface area contributed by atoms with E-state index in [9.17, 15) is 13.2 Å². The monoisotopic (exact) mass is 283 g/mol. The van der Waals surface area contributed by atoms with Crippen molar-refractivity contribution >= 4 is 15.6 Å². The first-order valence-corrected chi connectivity index (χ1v) is 8.79. The van der Waals surface area contributed by atoms with E-state index in [0.717, 1.165) is 32.1 Å². The lowest BCUT2D eigenvalue weighted by molar-refractivity contribution is -0.123. The van der Waals surface area contributed by atoms with Gasteiger partial charge in [0.2, 0.25) is 0 Å². The van der Waals surface area contributed by atoms with Gasteiger partial charge < -0.3 is 0 Å². The molecule has 2 aliphatic rings. The lowest BCUT2D eigenvalue weighted by Crippen LogP contribution is -2.45. The first-order valence-electron chi connectivity index (χ1n) is 7.18. The van der Waals surface area contributed by atoms with Crippen molar-refractivity contribution in [1.82, 2.24) is 0 Å². The van der Waals surface area contributed by atoms with Crippen LogP contribution >= 0.6 is 0 Å². The normalized spacial score (nSPS) is 32.5. The Morgan fingerprint density at radius 1 is 1.16 bits per heavy atom. The number of hydrogen-bond acceptors (Lipinski definition) is 4. The second-order valence-corrected chi connectivity index (χ2v) is 8.28. The summed E-state index contributed by atoms with van der Waals surface area (Å²) in [5.74, 6) is 0.158. The van der Waals surface area contributed by atoms with E-state index in [1.165, 1.54) is 0 Å². The van der Waals surface area contributed by atoms with Crippen LogP contribution in [0.3, 0.4) is 0 Å². The number of hydrogen-bond donors (Lipinski definition) is 0. The van der Waals surface area contributed by atoms with Gasteiger partial charge in [0.05, 0.1) is 16.6 Å². The van der Waals surface area contributed by atoms with E-state index >= 15 is 0 Å². The van der Waals surface area contributed by atoms with Gasteiger partial charge in [-0.05, 0) is 38.5 Å². The molecule has 0 aromatic carbocycles. The third-order valence-electron chi connectivity index (χ3n) is 4.49. The van der Waals surface area contributed by atoms with Gasteiger partial charge in [0.1, 0.15) is 5.78 Å². The summed E-state index contributed by atoms with van der Waals surface area (Å²) in [6, 6.07) is 2.07. The average Bonchev–Trinajstić information content (AvgIpc) is 2.33. The van der Waals surface area contributed by atoms with Gasteiger partial charge in [0.15, 0.2) is 9.84 Å². The molecule has 2 aliphatic heterocycles. The van der Waals surface area contributed by atoms with E-state index in [2.05, 4.69) is 6.07 Å². The predicted octanol–water partition coefficient (Wildman–Crippen LogP) is 2.39. The zero-order chi connectivity index (χ0) is 13.9. The van der Waals surface area contributed by atoms with Crippen LogP contribution in [0.1, 0.15) is 57.8 Å². The van der Waals surface area contributed by atoms with Gasteiger partial charge in [-0.1, -0.05) is 6.42 Å². The van der Waals surface area contributed by atoms with E-state index in [0.29, 0.717) is 25.7 Å². The first kappa shape index (κ1) is 14.5. The molecular weight excluding hydrogens is 262 g/mol. The van der Waals surface area contributed by atoms with Gasteiger partial charge in [-0.2, -0.15) is 5.26 Å². The van der Waals surface area contributed by atoms with E-state index in [1.54, 1.807) is 0 Å². The number of rotatable bonds is 5. The van der Waals surface area contributed by atoms with Crippen molar-refractivity contribution < 1.29 is 13.2 Å². The second-order valence-electron chi connectivity index (χ2n) is 5.76. The Balaban J connectivity index is 1.90. The number of Topliss-reactive ketones (excluding diaryl/α,β-unsaturated/α-hetero) is 1. The van der Waals surface area contributed by atoms with Gasteiger partial charge in [-0.3, -0.25) is 4.79 Å². The summed E-state index contributed by atoms with van der Waals surface area (Å²) in [6.07, 6.45) is 6.05. The van der Waals surface area contributed by atoms with Crippen LogP contribution in [-0.4, -0.2) is 24.7 Å². The number of fused-ring (bicyclic) bond motifs is 2.